The summed E-state index contributed by atoms with van der Waals surface area (Å²) in [5, 5.41) is 5.02. The van der Waals surface area contributed by atoms with Crippen LogP contribution in [0.3, 0.4) is 0 Å². The molecule has 164 valence electrons. The highest BCUT2D eigenvalue weighted by Gasteiger charge is 2.41. The summed E-state index contributed by atoms with van der Waals surface area (Å²) >= 11 is 1.40. The van der Waals surface area contributed by atoms with E-state index in [9.17, 15) is 9.59 Å². The van der Waals surface area contributed by atoms with Crippen molar-refractivity contribution in [1.82, 2.24) is 0 Å². The van der Waals surface area contributed by atoms with Gasteiger partial charge in [0.1, 0.15) is 17.2 Å². The van der Waals surface area contributed by atoms with E-state index in [1.54, 1.807) is 37.4 Å². The summed E-state index contributed by atoms with van der Waals surface area (Å²) in [5.74, 6) is 0.326. The quantitative estimate of drug-likeness (QED) is 0.545. The van der Waals surface area contributed by atoms with Crippen molar-refractivity contribution in [3.8, 4) is 11.5 Å². The maximum Gasteiger partial charge on any atom is 0.282 e. The highest BCUT2D eigenvalue weighted by atomic mass is 32.1. The van der Waals surface area contributed by atoms with Crippen molar-refractivity contribution in [1.29, 1.82) is 0 Å². The lowest BCUT2D eigenvalue weighted by Gasteiger charge is -2.18. The van der Waals surface area contributed by atoms with E-state index in [1.807, 2.05) is 48.6 Å². The second kappa shape index (κ2) is 8.76. The lowest BCUT2D eigenvalue weighted by Crippen LogP contribution is -2.32. The van der Waals surface area contributed by atoms with E-state index in [1.165, 1.54) is 23.3 Å². The Balaban J connectivity index is 1.76. The van der Waals surface area contributed by atoms with Gasteiger partial charge >= 0.3 is 0 Å². The van der Waals surface area contributed by atoms with Crippen LogP contribution < -0.4 is 24.6 Å². The summed E-state index contributed by atoms with van der Waals surface area (Å²) in [5.41, 5.74) is 2.58. The maximum absolute atomic E-state index is 13.5. The highest BCUT2D eigenvalue weighted by molar-refractivity contribution is 7.11. The zero-order valence-corrected chi connectivity index (χ0v) is 19.0. The molecule has 1 N–H and O–H groups in total. The van der Waals surface area contributed by atoms with Crippen molar-refractivity contribution >= 4 is 45.8 Å². The molecule has 0 bridgehead atoms. The van der Waals surface area contributed by atoms with Crippen LogP contribution in [0.1, 0.15) is 4.88 Å². The number of thiophene rings is 1. The van der Waals surface area contributed by atoms with Gasteiger partial charge in [-0.2, -0.15) is 0 Å². The molecule has 32 heavy (non-hydrogen) atoms. The Kier molecular flexibility index (Phi) is 5.87. The third kappa shape index (κ3) is 3.80. The van der Waals surface area contributed by atoms with Crippen molar-refractivity contribution in [2.24, 2.45) is 0 Å². The number of imide groups is 1. The summed E-state index contributed by atoms with van der Waals surface area (Å²) in [7, 11) is 6.97. The first-order valence-corrected chi connectivity index (χ1v) is 10.8. The molecular formula is C24H23N3O4S. The van der Waals surface area contributed by atoms with Crippen molar-refractivity contribution in [2.45, 2.75) is 0 Å². The Morgan fingerprint density at radius 1 is 0.938 bits per heavy atom. The molecular weight excluding hydrogens is 426 g/mol. The Morgan fingerprint density at radius 2 is 1.69 bits per heavy atom. The zero-order valence-electron chi connectivity index (χ0n) is 18.2. The van der Waals surface area contributed by atoms with E-state index in [0.29, 0.717) is 33.3 Å². The van der Waals surface area contributed by atoms with Crippen LogP contribution in [0.4, 0.5) is 17.1 Å². The van der Waals surface area contributed by atoms with Gasteiger partial charge in [-0.3, -0.25) is 9.59 Å². The van der Waals surface area contributed by atoms with Gasteiger partial charge in [0.2, 0.25) is 0 Å². The zero-order chi connectivity index (χ0) is 22.8. The van der Waals surface area contributed by atoms with E-state index in [0.717, 1.165) is 5.69 Å². The van der Waals surface area contributed by atoms with Crippen molar-refractivity contribution in [3.63, 3.8) is 0 Å². The summed E-state index contributed by atoms with van der Waals surface area (Å²) < 4.78 is 10.7. The van der Waals surface area contributed by atoms with Crippen molar-refractivity contribution in [3.05, 3.63) is 70.6 Å². The monoisotopic (exact) mass is 449 g/mol. The number of rotatable bonds is 7. The van der Waals surface area contributed by atoms with Crippen LogP contribution in [-0.2, 0) is 9.59 Å². The Labute approximate surface area is 190 Å². The number of nitrogens with one attached hydrogen (secondary N) is 1. The smallest absolute Gasteiger partial charge is 0.282 e. The standard InChI is InChI=1S/C24H23N3O4S/c1-26(2)15-7-9-16(10-8-15)27-23(28)21(20-6-5-13-32-20)22(24(27)29)25-18-12-11-17(30-3)14-19(18)31-4/h5-14,25H,1-4H3. The van der Waals surface area contributed by atoms with Crippen LogP contribution >= 0.6 is 11.3 Å². The average molecular weight is 450 g/mol. The van der Waals surface area contributed by atoms with Gasteiger partial charge in [-0.05, 0) is 47.8 Å². The largest absolute Gasteiger partial charge is 0.497 e. The van der Waals surface area contributed by atoms with E-state index < -0.39 is 5.91 Å². The first-order chi connectivity index (χ1) is 15.4. The molecule has 1 aromatic heterocycles. The third-order valence-corrected chi connectivity index (χ3v) is 6.03. The molecule has 2 heterocycles. The van der Waals surface area contributed by atoms with Gasteiger partial charge < -0.3 is 19.7 Å². The van der Waals surface area contributed by atoms with Crippen LogP contribution in [0.15, 0.2) is 65.7 Å². The molecule has 0 atom stereocenters. The fourth-order valence-corrected chi connectivity index (χ4v) is 4.23. The number of hydrogen-bond donors (Lipinski definition) is 1. The van der Waals surface area contributed by atoms with Crippen LogP contribution in [0, 0.1) is 0 Å². The summed E-state index contributed by atoms with van der Waals surface area (Å²) in [6.45, 7) is 0. The minimum absolute atomic E-state index is 0.206. The van der Waals surface area contributed by atoms with Crippen LogP contribution in [0.25, 0.3) is 5.57 Å². The Bertz CT molecular complexity index is 1180. The average Bonchev–Trinajstić information content (AvgIpc) is 3.40. The molecule has 0 spiro atoms. The van der Waals surface area contributed by atoms with Gasteiger partial charge in [0.25, 0.3) is 11.8 Å². The van der Waals surface area contributed by atoms with Gasteiger partial charge in [0.05, 0.1) is 31.2 Å². The number of hydrogen-bond acceptors (Lipinski definition) is 7. The minimum Gasteiger partial charge on any atom is -0.497 e. The van der Waals surface area contributed by atoms with E-state index in [-0.39, 0.29) is 11.6 Å². The molecule has 4 rings (SSSR count). The van der Waals surface area contributed by atoms with E-state index >= 15 is 0 Å². The molecule has 0 unspecified atom stereocenters. The van der Waals surface area contributed by atoms with E-state index in [4.69, 9.17) is 9.47 Å². The molecule has 8 heteroatoms. The fraction of sp³-hybridized carbons (Fsp3) is 0.167. The number of ether oxygens (including phenoxy) is 2. The topological polar surface area (TPSA) is 71.1 Å². The molecule has 7 nitrogen and oxygen atoms in total. The second-order valence-electron chi connectivity index (χ2n) is 7.28. The predicted molar refractivity (Wildman–Crippen MR) is 128 cm³/mol. The highest BCUT2D eigenvalue weighted by Crippen LogP contribution is 2.38. The molecule has 0 saturated carbocycles. The van der Waals surface area contributed by atoms with Gasteiger partial charge in [-0.15, -0.1) is 11.3 Å². The Morgan fingerprint density at radius 3 is 2.28 bits per heavy atom. The lowest BCUT2D eigenvalue weighted by atomic mass is 10.1. The normalized spacial score (nSPS) is 13.6. The van der Waals surface area contributed by atoms with Gasteiger partial charge in [0, 0.05) is 30.7 Å². The summed E-state index contributed by atoms with van der Waals surface area (Å²) in [4.78, 5) is 30.8. The SMILES string of the molecule is COc1ccc(NC2=C(c3cccs3)C(=O)N(c3ccc(N(C)C)cc3)C2=O)c(OC)c1. The second-order valence-corrected chi connectivity index (χ2v) is 8.22. The van der Waals surface area contributed by atoms with E-state index in [2.05, 4.69) is 5.32 Å². The number of methoxy groups -OCH3 is 2. The number of carbonyl (C=O) groups is 2. The number of benzene rings is 2. The van der Waals surface area contributed by atoms with Crippen molar-refractivity contribution < 1.29 is 19.1 Å². The van der Waals surface area contributed by atoms with Gasteiger partial charge in [-0.25, -0.2) is 4.90 Å². The number of amides is 2. The predicted octanol–water partition coefficient (Wildman–Crippen LogP) is 4.23. The molecule has 0 saturated heterocycles. The first kappa shape index (κ1) is 21.5. The molecule has 1 aliphatic rings. The van der Waals surface area contributed by atoms with Crippen LogP contribution in [0.5, 0.6) is 11.5 Å². The molecule has 2 amide bonds. The maximum atomic E-state index is 13.5. The summed E-state index contributed by atoms with van der Waals surface area (Å²) in [6.07, 6.45) is 0. The molecule has 1 aliphatic heterocycles. The number of nitrogens with zero attached hydrogens (tertiary/aromatic N) is 2. The summed E-state index contributed by atoms with van der Waals surface area (Å²) in [6, 6.07) is 16.2. The molecule has 2 aromatic carbocycles. The van der Waals surface area contributed by atoms with Gasteiger partial charge in [-0.1, -0.05) is 6.07 Å². The third-order valence-electron chi connectivity index (χ3n) is 5.14. The van der Waals surface area contributed by atoms with Gasteiger partial charge in [0.15, 0.2) is 0 Å². The molecule has 3 aromatic rings. The van der Waals surface area contributed by atoms with Crippen LogP contribution in [-0.4, -0.2) is 40.1 Å². The van der Waals surface area contributed by atoms with Crippen molar-refractivity contribution in [2.75, 3.05) is 43.4 Å². The lowest BCUT2D eigenvalue weighted by molar-refractivity contribution is -0.120. The molecule has 0 radical (unpaired) electrons. The molecule has 0 aliphatic carbocycles. The fourth-order valence-electron chi connectivity index (χ4n) is 3.47. The number of anilines is 3. The number of carbonyl (C=O) groups excluding carboxylic acids is 2. The minimum atomic E-state index is -0.422. The Hall–Kier alpha value is -3.78. The molecule has 0 fully saturated rings. The first-order valence-electron chi connectivity index (χ1n) is 9.88. The van der Waals surface area contributed by atoms with Crippen LogP contribution in [0.2, 0.25) is 0 Å².